The summed E-state index contributed by atoms with van der Waals surface area (Å²) in [7, 11) is 0. The maximum absolute atomic E-state index is 12.5. The molecule has 0 saturated heterocycles. The summed E-state index contributed by atoms with van der Waals surface area (Å²) in [6.07, 6.45) is 2.05. The molecule has 11 heavy (non-hydrogen) atoms. The summed E-state index contributed by atoms with van der Waals surface area (Å²) in [6, 6.07) is 0. The fraction of sp³-hybridized carbons (Fsp3) is 1.00. The molecule has 0 bridgehead atoms. The van der Waals surface area contributed by atoms with E-state index in [0.29, 0.717) is 0 Å². The molecule has 0 aromatic rings. The molecular formula is C8H14F2O. The van der Waals surface area contributed by atoms with Crippen LogP contribution in [0.25, 0.3) is 0 Å². The lowest BCUT2D eigenvalue weighted by molar-refractivity contribution is -0.117. The molecule has 1 aliphatic carbocycles. The quantitative estimate of drug-likeness (QED) is 0.663. The van der Waals surface area contributed by atoms with Gasteiger partial charge in [0.25, 0.3) is 5.92 Å². The van der Waals surface area contributed by atoms with Crippen LogP contribution in [0.2, 0.25) is 0 Å². The minimum absolute atomic E-state index is 0.171. The van der Waals surface area contributed by atoms with E-state index in [1.165, 1.54) is 0 Å². The van der Waals surface area contributed by atoms with Crippen molar-refractivity contribution in [2.75, 3.05) is 0 Å². The second kappa shape index (κ2) is 3.05. The first-order valence-corrected chi connectivity index (χ1v) is 4.07. The molecule has 1 aliphatic rings. The van der Waals surface area contributed by atoms with Crippen molar-refractivity contribution < 1.29 is 13.9 Å². The first-order valence-electron chi connectivity index (χ1n) is 4.07. The van der Waals surface area contributed by atoms with Crippen molar-refractivity contribution >= 4 is 0 Å². The van der Waals surface area contributed by atoms with Gasteiger partial charge in [0.2, 0.25) is 0 Å². The summed E-state index contributed by atoms with van der Waals surface area (Å²) in [6.45, 7) is 0.788. The van der Waals surface area contributed by atoms with E-state index in [2.05, 4.69) is 0 Å². The molecule has 1 rings (SSSR count). The third-order valence-electron chi connectivity index (χ3n) is 2.37. The lowest BCUT2D eigenvalue weighted by Crippen LogP contribution is -2.35. The molecule has 0 radical (unpaired) electrons. The zero-order chi connectivity index (χ0) is 8.48. The van der Waals surface area contributed by atoms with E-state index in [0.717, 1.165) is 32.6 Å². The molecule has 0 aromatic heterocycles. The Morgan fingerprint density at radius 3 is 2.18 bits per heavy atom. The predicted molar refractivity (Wildman–Crippen MR) is 38.6 cm³/mol. The number of rotatable bonds is 2. The molecule has 66 valence electrons. The molecular weight excluding hydrogens is 150 g/mol. The highest BCUT2D eigenvalue weighted by molar-refractivity contribution is 4.82. The summed E-state index contributed by atoms with van der Waals surface area (Å²) in [5, 5.41) is 9.14. The minimum atomic E-state index is -2.92. The molecule has 1 unspecified atom stereocenters. The van der Waals surface area contributed by atoms with Crippen LogP contribution < -0.4 is 0 Å². The van der Waals surface area contributed by atoms with Gasteiger partial charge in [0.1, 0.15) is 6.10 Å². The van der Waals surface area contributed by atoms with E-state index in [9.17, 15) is 8.78 Å². The zero-order valence-electron chi connectivity index (χ0n) is 6.69. The number of aliphatic hydroxyl groups excluding tert-OH is 1. The van der Waals surface area contributed by atoms with Crippen molar-refractivity contribution in [1.82, 2.24) is 0 Å². The van der Waals surface area contributed by atoms with Gasteiger partial charge in [0, 0.05) is 6.92 Å². The number of hydrogen-bond donors (Lipinski definition) is 1. The molecule has 1 N–H and O–H groups in total. The molecule has 1 atom stereocenters. The van der Waals surface area contributed by atoms with Gasteiger partial charge in [-0.3, -0.25) is 0 Å². The van der Waals surface area contributed by atoms with Crippen LogP contribution in [-0.2, 0) is 0 Å². The van der Waals surface area contributed by atoms with Crippen molar-refractivity contribution in [3.05, 3.63) is 0 Å². The SMILES string of the molecule is CC(F)(F)C(O)C1CCCC1. The summed E-state index contributed by atoms with van der Waals surface area (Å²) in [5.41, 5.74) is 0. The van der Waals surface area contributed by atoms with E-state index in [-0.39, 0.29) is 5.92 Å². The van der Waals surface area contributed by atoms with Crippen LogP contribution in [0.4, 0.5) is 8.78 Å². The fourth-order valence-corrected chi connectivity index (χ4v) is 1.69. The van der Waals surface area contributed by atoms with Gasteiger partial charge in [-0.1, -0.05) is 12.8 Å². The Hall–Kier alpha value is -0.180. The van der Waals surface area contributed by atoms with Gasteiger partial charge in [-0.2, -0.15) is 0 Å². The van der Waals surface area contributed by atoms with Crippen LogP contribution in [0, 0.1) is 5.92 Å². The summed E-state index contributed by atoms with van der Waals surface area (Å²) < 4.78 is 25.0. The van der Waals surface area contributed by atoms with Crippen LogP contribution in [0.3, 0.4) is 0 Å². The Bertz CT molecular complexity index is 125. The largest absolute Gasteiger partial charge is 0.387 e. The Morgan fingerprint density at radius 1 is 1.36 bits per heavy atom. The summed E-state index contributed by atoms with van der Waals surface area (Å²) in [4.78, 5) is 0. The molecule has 0 aromatic carbocycles. The number of alkyl halides is 2. The molecule has 0 amide bonds. The van der Waals surface area contributed by atoms with Crippen LogP contribution in [0.15, 0.2) is 0 Å². The maximum atomic E-state index is 12.5. The fourth-order valence-electron chi connectivity index (χ4n) is 1.69. The highest BCUT2D eigenvalue weighted by atomic mass is 19.3. The molecule has 1 saturated carbocycles. The molecule has 0 spiro atoms. The molecule has 3 heteroatoms. The van der Waals surface area contributed by atoms with Gasteiger partial charge in [0.05, 0.1) is 0 Å². The highest BCUT2D eigenvalue weighted by Crippen LogP contribution is 2.34. The smallest absolute Gasteiger partial charge is 0.270 e. The molecule has 0 heterocycles. The first kappa shape index (κ1) is 8.91. The first-order chi connectivity index (χ1) is 5.02. The third kappa shape index (κ3) is 2.12. The van der Waals surface area contributed by atoms with E-state index in [1.54, 1.807) is 0 Å². The van der Waals surface area contributed by atoms with E-state index < -0.39 is 12.0 Å². The predicted octanol–water partition coefficient (Wildman–Crippen LogP) is 2.19. The van der Waals surface area contributed by atoms with Gasteiger partial charge in [-0.25, -0.2) is 8.78 Å². The van der Waals surface area contributed by atoms with Crippen LogP contribution in [0.5, 0.6) is 0 Å². The Morgan fingerprint density at radius 2 is 1.82 bits per heavy atom. The number of aliphatic hydroxyl groups is 1. The second-order valence-electron chi connectivity index (χ2n) is 3.45. The van der Waals surface area contributed by atoms with Gasteiger partial charge in [-0.05, 0) is 18.8 Å². The van der Waals surface area contributed by atoms with Crippen molar-refractivity contribution in [2.45, 2.75) is 44.6 Å². The Balaban J connectivity index is 2.46. The second-order valence-corrected chi connectivity index (χ2v) is 3.45. The highest BCUT2D eigenvalue weighted by Gasteiger charge is 2.39. The monoisotopic (exact) mass is 164 g/mol. The van der Waals surface area contributed by atoms with Gasteiger partial charge >= 0.3 is 0 Å². The van der Waals surface area contributed by atoms with Crippen molar-refractivity contribution in [2.24, 2.45) is 5.92 Å². The van der Waals surface area contributed by atoms with Crippen molar-refractivity contribution in [1.29, 1.82) is 0 Å². The third-order valence-corrected chi connectivity index (χ3v) is 2.37. The lowest BCUT2D eigenvalue weighted by Gasteiger charge is -2.23. The Labute approximate surface area is 65.4 Å². The number of halogens is 2. The van der Waals surface area contributed by atoms with Gasteiger partial charge in [0.15, 0.2) is 0 Å². The van der Waals surface area contributed by atoms with E-state index in [1.807, 2.05) is 0 Å². The molecule has 1 nitrogen and oxygen atoms in total. The van der Waals surface area contributed by atoms with E-state index >= 15 is 0 Å². The van der Waals surface area contributed by atoms with Crippen molar-refractivity contribution in [3.63, 3.8) is 0 Å². The minimum Gasteiger partial charge on any atom is -0.387 e. The average molecular weight is 164 g/mol. The maximum Gasteiger partial charge on any atom is 0.270 e. The molecule has 1 fully saturated rings. The van der Waals surface area contributed by atoms with Crippen LogP contribution in [0.1, 0.15) is 32.6 Å². The zero-order valence-corrected chi connectivity index (χ0v) is 6.69. The van der Waals surface area contributed by atoms with Gasteiger partial charge < -0.3 is 5.11 Å². The normalized spacial score (nSPS) is 24.0. The average Bonchev–Trinajstić information content (AvgIpc) is 2.34. The van der Waals surface area contributed by atoms with Crippen LogP contribution >= 0.6 is 0 Å². The lowest BCUT2D eigenvalue weighted by atomic mass is 9.97. The Kier molecular flexibility index (Phi) is 2.47. The van der Waals surface area contributed by atoms with Gasteiger partial charge in [-0.15, -0.1) is 0 Å². The number of hydrogen-bond acceptors (Lipinski definition) is 1. The summed E-state index contributed by atoms with van der Waals surface area (Å²) in [5.74, 6) is -3.09. The van der Waals surface area contributed by atoms with E-state index in [4.69, 9.17) is 5.11 Å². The topological polar surface area (TPSA) is 20.2 Å². The van der Waals surface area contributed by atoms with Crippen molar-refractivity contribution in [3.8, 4) is 0 Å². The summed E-state index contributed by atoms with van der Waals surface area (Å²) >= 11 is 0. The molecule has 0 aliphatic heterocycles. The van der Waals surface area contributed by atoms with Crippen LogP contribution in [-0.4, -0.2) is 17.1 Å². The standard InChI is InChI=1S/C8H14F2O/c1-8(9,10)7(11)6-4-2-3-5-6/h6-7,11H,2-5H2,1H3.